The Morgan fingerprint density at radius 2 is 2.06 bits per heavy atom. The van der Waals surface area contributed by atoms with Crippen molar-refractivity contribution < 1.29 is 9.53 Å². The summed E-state index contributed by atoms with van der Waals surface area (Å²) in [5.41, 5.74) is 3.15. The lowest BCUT2D eigenvalue weighted by Gasteiger charge is -2.48. The van der Waals surface area contributed by atoms with Crippen LogP contribution in [-0.4, -0.2) is 12.6 Å². The van der Waals surface area contributed by atoms with Crippen molar-refractivity contribution in [2.45, 2.75) is 54.4 Å². The van der Waals surface area contributed by atoms with Crippen molar-refractivity contribution in [1.82, 2.24) is 0 Å². The fourth-order valence-electron chi connectivity index (χ4n) is 2.49. The van der Waals surface area contributed by atoms with Crippen LogP contribution in [0, 0.1) is 17.3 Å². The molecule has 1 aliphatic carbocycles. The Balaban J connectivity index is 2.47. The monoisotopic (exact) mass is 238 g/mol. The number of esters is 1. The zero-order valence-electron chi connectivity index (χ0n) is 12.1. The van der Waals surface area contributed by atoms with Gasteiger partial charge in [0.25, 0.3) is 0 Å². The van der Waals surface area contributed by atoms with Gasteiger partial charge in [0.1, 0.15) is 0 Å². The molecular weight excluding hydrogens is 212 g/mol. The summed E-state index contributed by atoms with van der Waals surface area (Å²) in [7, 11) is 0. The molecule has 0 aliphatic heterocycles. The largest absolute Gasteiger partial charge is 0.465 e. The first kappa shape index (κ1) is 14.3. The molecule has 0 aromatic rings. The molecule has 1 rings (SSSR count). The highest BCUT2D eigenvalue weighted by Gasteiger charge is 2.44. The summed E-state index contributed by atoms with van der Waals surface area (Å²) < 4.78 is 5.40. The van der Waals surface area contributed by atoms with Crippen LogP contribution in [0.4, 0.5) is 0 Å². The number of carbonyl (C=O) groups is 1. The number of carbonyl (C=O) groups excluding carboxylic acids is 1. The van der Waals surface area contributed by atoms with Crippen molar-refractivity contribution >= 4 is 5.97 Å². The molecule has 0 bridgehead atoms. The number of hydrogen-bond acceptors (Lipinski definition) is 2. The molecule has 0 saturated heterocycles. The Kier molecular flexibility index (Phi) is 4.40. The van der Waals surface area contributed by atoms with E-state index in [1.807, 2.05) is 13.8 Å². The van der Waals surface area contributed by atoms with Crippen LogP contribution in [0.2, 0.25) is 0 Å². The van der Waals surface area contributed by atoms with Crippen LogP contribution in [0.1, 0.15) is 54.4 Å². The Labute approximate surface area is 105 Å². The van der Waals surface area contributed by atoms with E-state index in [9.17, 15) is 4.79 Å². The average Bonchev–Trinajstić information content (AvgIpc) is 2.25. The maximum atomic E-state index is 11.6. The maximum Gasteiger partial charge on any atom is 0.308 e. The Morgan fingerprint density at radius 1 is 1.47 bits per heavy atom. The summed E-state index contributed by atoms with van der Waals surface area (Å²) in [5.74, 6) is 0.468. The van der Waals surface area contributed by atoms with Gasteiger partial charge in [0, 0.05) is 5.92 Å². The van der Waals surface area contributed by atoms with Crippen LogP contribution in [0.5, 0.6) is 0 Å². The lowest BCUT2D eigenvalue weighted by Crippen LogP contribution is -2.41. The van der Waals surface area contributed by atoms with Gasteiger partial charge in [0.15, 0.2) is 0 Å². The average molecular weight is 238 g/mol. The summed E-state index contributed by atoms with van der Waals surface area (Å²) in [6.07, 6.45) is 1.94. The van der Waals surface area contributed by atoms with Gasteiger partial charge < -0.3 is 4.74 Å². The molecule has 1 fully saturated rings. The van der Waals surface area contributed by atoms with Crippen molar-refractivity contribution in [3.05, 3.63) is 11.1 Å². The van der Waals surface area contributed by atoms with E-state index in [2.05, 4.69) is 27.7 Å². The molecule has 1 aliphatic rings. The van der Waals surface area contributed by atoms with E-state index in [0.29, 0.717) is 12.5 Å². The van der Waals surface area contributed by atoms with E-state index in [0.717, 1.165) is 12.8 Å². The minimum atomic E-state index is -0.0473. The molecule has 2 heteroatoms. The number of rotatable bonds is 4. The van der Waals surface area contributed by atoms with Crippen LogP contribution < -0.4 is 0 Å². The van der Waals surface area contributed by atoms with Crippen LogP contribution in [0.25, 0.3) is 0 Å². The molecule has 1 saturated carbocycles. The van der Waals surface area contributed by atoms with Crippen molar-refractivity contribution in [2.75, 3.05) is 6.61 Å². The van der Waals surface area contributed by atoms with Gasteiger partial charge in [-0.05, 0) is 32.1 Å². The zero-order chi connectivity index (χ0) is 13.2. The number of ether oxygens (including phenoxy) is 1. The van der Waals surface area contributed by atoms with Crippen LogP contribution >= 0.6 is 0 Å². The molecule has 0 amide bonds. The molecule has 0 radical (unpaired) electrons. The second-order valence-corrected chi connectivity index (χ2v) is 6.04. The predicted molar refractivity (Wildman–Crippen MR) is 70.7 cm³/mol. The van der Waals surface area contributed by atoms with Crippen LogP contribution in [-0.2, 0) is 9.53 Å². The summed E-state index contributed by atoms with van der Waals surface area (Å²) in [4.78, 5) is 11.6. The van der Waals surface area contributed by atoms with E-state index in [1.165, 1.54) is 11.1 Å². The van der Waals surface area contributed by atoms with Gasteiger partial charge in [0.2, 0.25) is 0 Å². The fraction of sp³-hybridized carbons (Fsp3) is 0.800. The Hall–Kier alpha value is -0.790. The van der Waals surface area contributed by atoms with E-state index in [-0.39, 0.29) is 17.3 Å². The predicted octanol–water partition coefficient (Wildman–Crippen LogP) is 3.96. The summed E-state index contributed by atoms with van der Waals surface area (Å²) in [6, 6.07) is 0. The maximum absolute atomic E-state index is 11.6. The van der Waals surface area contributed by atoms with Gasteiger partial charge in [-0.2, -0.15) is 0 Å². The smallest absolute Gasteiger partial charge is 0.308 e. The molecule has 98 valence electrons. The standard InChI is InChI=1S/C15H26O2/c1-7-11(4)14(16)17-9-12-8-13(10(2)3)15(12,5)6/h11-12H,7-9H2,1-6H3/t11-,12+/m1/s1. The summed E-state index contributed by atoms with van der Waals surface area (Å²) in [5, 5.41) is 0. The van der Waals surface area contributed by atoms with E-state index >= 15 is 0 Å². The van der Waals surface area contributed by atoms with E-state index < -0.39 is 0 Å². The van der Waals surface area contributed by atoms with Gasteiger partial charge in [-0.15, -0.1) is 0 Å². The summed E-state index contributed by atoms with van der Waals surface area (Å²) in [6.45, 7) is 13.3. The number of allylic oxidation sites excluding steroid dienone is 2. The molecule has 17 heavy (non-hydrogen) atoms. The minimum Gasteiger partial charge on any atom is -0.465 e. The molecule has 0 heterocycles. The molecule has 2 nitrogen and oxygen atoms in total. The third-order valence-corrected chi connectivity index (χ3v) is 4.29. The molecular formula is C15H26O2. The first-order valence-electron chi connectivity index (χ1n) is 6.64. The van der Waals surface area contributed by atoms with Crippen molar-refractivity contribution in [3.63, 3.8) is 0 Å². The van der Waals surface area contributed by atoms with E-state index in [1.54, 1.807) is 0 Å². The zero-order valence-corrected chi connectivity index (χ0v) is 12.1. The van der Waals surface area contributed by atoms with E-state index in [4.69, 9.17) is 4.74 Å². The Morgan fingerprint density at radius 3 is 2.47 bits per heavy atom. The van der Waals surface area contributed by atoms with Gasteiger partial charge in [-0.1, -0.05) is 38.8 Å². The summed E-state index contributed by atoms with van der Waals surface area (Å²) >= 11 is 0. The van der Waals surface area contributed by atoms with Crippen molar-refractivity contribution in [1.29, 1.82) is 0 Å². The third-order valence-electron chi connectivity index (χ3n) is 4.29. The van der Waals surface area contributed by atoms with Crippen molar-refractivity contribution in [3.8, 4) is 0 Å². The topological polar surface area (TPSA) is 26.3 Å². The highest BCUT2D eigenvalue weighted by molar-refractivity contribution is 5.71. The SMILES string of the molecule is CC[C@@H](C)C(=O)OC[C@@H]1CC(=C(C)C)C1(C)C. The highest BCUT2D eigenvalue weighted by Crippen LogP contribution is 2.52. The molecule has 0 N–H and O–H groups in total. The normalized spacial score (nSPS) is 23.9. The third kappa shape index (κ3) is 2.91. The van der Waals surface area contributed by atoms with Crippen LogP contribution in [0.3, 0.4) is 0 Å². The quantitative estimate of drug-likeness (QED) is 0.547. The van der Waals surface area contributed by atoms with Crippen molar-refractivity contribution in [2.24, 2.45) is 17.3 Å². The molecule has 0 aromatic carbocycles. The Bertz CT molecular complexity index is 322. The first-order chi connectivity index (χ1) is 7.80. The molecule has 0 aromatic heterocycles. The van der Waals surface area contributed by atoms with Gasteiger partial charge in [-0.3, -0.25) is 4.79 Å². The van der Waals surface area contributed by atoms with Gasteiger partial charge in [-0.25, -0.2) is 0 Å². The molecule has 0 unspecified atom stereocenters. The first-order valence-corrected chi connectivity index (χ1v) is 6.64. The second kappa shape index (κ2) is 5.24. The van der Waals surface area contributed by atoms with Gasteiger partial charge >= 0.3 is 5.97 Å². The lowest BCUT2D eigenvalue weighted by molar-refractivity contribution is -0.151. The highest BCUT2D eigenvalue weighted by atomic mass is 16.5. The lowest BCUT2D eigenvalue weighted by atomic mass is 9.58. The number of hydrogen-bond donors (Lipinski definition) is 0. The molecule has 0 spiro atoms. The van der Waals surface area contributed by atoms with Crippen LogP contribution in [0.15, 0.2) is 11.1 Å². The second-order valence-electron chi connectivity index (χ2n) is 6.04. The molecule has 2 atom stereocenters. The fourth-order valence-corrected chi connectivity index (χ4v) is 2.49. The minimum absolute atomic E-state index is 0.0288. The van der Waals surface area contributed by atoms with Gasteiger partial charge in [0.05, 0.1) is 12.5 Å².